The Hall–Kier alpha value is -1.99. The Labute approximate surface area is 127 Å². The number of nitrogens with one attached hydrogen (secondary N) is 1. The van der Waals surface area contributed by atoms with Crippen molar-refractivity contribution in [2.24, 2.45) is 0 Å². The first-order valence-corrected chi connectivity index (χ1v) is 8.57. The van der Waals surface area contributed by atoms with Crippen molar-refractivity contribution in [2.75, 3.05) is 6.26 Å². The Morgan fingerprint density at radius 3 is 2.62 bits per heavy atom. The number of nitrogens with zero attached hydrogens (tertiary/aromatic N) is 2. The molecule has 3 aromatic rings. The van der Waals surface area contributed by atoms with E-state index in [-0.39, 0.29) is 4.90 Å². The molecule has 0 bridgehead atoms. The van der Waals surface area contributed by atoms with Crippen LogP contribution in [0.15, 0.2) is 47.6 Å². The monoisotopic (exact) mass is 319 g/mol. The molecule has 0 aliphatic rings. The van der Waals surface area contributed by atoms with E-state index in [1.54, 1.807) is 24.5 Å². The highest BCUT2D eigenvalue weighted by Gasteiger charge is 2.15. The van der Waals surface area contributed by atoms with Crippen molar-refractivity contribution in [2.45, 2.75) is 11.4 Å². The van der Waals surface area contributed by atoms with Gasteiger partial charge in [-0.1, -0.05) is 6.07 Å². The lowest BCUT2D eigenvalue weighted by atomic mass is 10.2. The number of hydrogen-bond acceptors (Lipinski definition) is 4. The van der Waals surface area contributed by atoms with Crippen LogP contribution in [0.4, 0.5) is 0 Å². The molecule has 0 saturated heterocycles. The average Bonchev–Trinajstić information content (AvgIpc) is 2.75. The lowest BCUT2D eigenvalue weighted by Gasteiger charge is -2.05. The van der Waals surface area contributed by atoms with Crippen LogP contribution in [-0.4, -0.2) is 29.2 Å². The van der Waals surface area contributed by atoms with E-state index in [0.717, 1.165) is 11.1 Å². The van der Waals surface area contributed by atoms with E-state index in [0.29, 0.717) is 16.8 Å². The fourth-order valence-electron chi connectivity index (χ4n) is 2.29. The molecule has 5 nitrogen and oxygen atoms in total. The van der Waals surface area contributed by atoms with Crippen LogP contribution in [0.1, 0.15) is 5.56 Å². The van der Waals surface area contributed by atoms with Gasteiger partial charge in [-0.15, -0.1) is 0 Å². The molecule has 2 heterocycles. The topological polar surface area (TPSA) is 67.8 Å². The molecule has 0 fully saturated rings. The minimum absolute atomic E-state index is 0.263. The summed E-state index contributed by atoms with van der Waals surface area (Å²) in [5, 5.41) is 0. The number of aromatic nitrogens is 3. The number of imidazole rings is 1. The Morgan fingerprint density at radius 2 is 1.95 bits per heavy atom. The average molecular weight is 319 g/mol. The quantitative estimate of drug-likeness (QED) is 0.753. The number of aromatic amines is 1. The van der Waals surface area contributed by atoms with E-state index >= 15 is 0 Å². The van der Waals surface area contributed by atoms with E-state index in [2.05, 4.69) is 9.97 Å². The summed E-state index contributed by atoms with van der Waals surface area (Å²) < 4.78 is 26.1. The maximum atomic E-state index is 11.9. The number of hydrogen-bond donors (Lipinski definition) is 1. The molecular formula is C14H13N3O2S2. The molecule has 2 aromatic heterocycles. The van der Waals surface area contributed by atoms with E-state index in [9.17, 15) is 8.42 Å². The highest BCUT2D eigenvalue weighted by Crippen LogP contribution is 2.23. The summed E-state index contributed by atoms with van der Waals surface area (Å²) in [5.41, 5.74) is 2.38. The third kappa shape index (κ3) is 2.62. The normalized spacial score (nSPS) is 11.9. The molecule has 0 aliphatic heterocycles. The van der Waals surface area contributed by atoms with Crippen molar-refractivity contribution in [1.29, 1.82) is 0 Å². The van der Waals surface area contributed by atoms with Gasteiger partial charge in [0.05, 0.1) is 22.5 Å². The van der Waals surface area contributed by atoms with Gasteiger partial charge in [-0.05, 0) is 42.0 Å². The Morgan fingerprint density at radius 1 is 1.24 bits per heavy atom. The zero-order chi connectivity index (χ0) is 15.0. The van der Waals surface area contributed by atoms with Crippen molar-refractivity contribution < 1.29 is 8.42 Å². The van der Waals surface area contributed by atoms with E-state index in [4.69, 9.17) is 12.2 Å². The van der Waals surface area contributed by atoms with Gasteiger partial charge in [0.15, 0.2) is 14.6 Å². The first-order valence-electron chi connectivity index (χ1n) is 6.27. The maximum absolute atomic E-state index is 11.9. The maximum Gasteiger partial charge on any atom is 0.178 e. The molecule has 1 aromatic carbocycles. The van der Waals surface area contributed by atoms with Crippen molar-refractivity contribution in [3.8, 4) is 0 Å². The number of fused-ring (bicyclic) bond motifs is 1. The van der Waals surface area contributed by atoms with Gasteiger partial charge < -0.3 is 9.55 Å². The Bertz CT molecular complexity index is 957. The molecule has 0 radical (unpaired) electrons. The molecule has 0 unspecified atom stereocenters. The lowest BCUT2D eigenvalue weighted by Crippen LogP contribution is -2.01. The predicted octanol–water partition coefficient (Wildman–Crippen LogP) is 2.55. The number of pyridine rings is 1. The van der Waals surface area contributed by atoms with Gasteiger partial charge in [0.25, 0.3) is 0 Å². The Balaban J connectivity index is 2.22. The van der Waals surface area contributed by atoms with Crippen LogP contribution in [0.25, 0.3) is 11.0 Å². The molecule has 3 rings (SSSR count). The summed E-state index contributed by atoms with van der Waals surface area (Å²) in [4.78, 5) is 7.25. The number of H-pyrrole nitrogens is 1. The van der Waals surface area contributed by atoms with Crippen molar-refractivity contribution in [3.63, 3.8) is 0 Å². The third-order valence-electron chi connectivity index (χ3n) is 3.26. The minimum Gasteiger partial charge on any atom is -0.329 e. The number of rotatable bonds is 3. The lowest BCUT2D eigenvalue weighted by molar-refractivity contribution is 0.602. The number of para-hydroxylation sites is 1. The van der Waals surface area contributed by atoms with Crippen LogP contribution in [0.2, 0.25) is 0 Å². The van der Waals surface area contributed by atoms with Gasteiger partial charge in [-0.25, -0.2) is 8.42 Å². The van der Waals surface area contributed by atoms with Gasteiger partial charge >= 0.3 is 0 Å². The van der Waals surface area contributed by atoms with Crippen LogP contribution in [0, 0.1) is 4.77 Å². The van der Waals surface area contributed by atoms with Crippen molar-refractivity contribution >= 4 is 33.1 Å². The summed E-state index contributed by atoms with van der Waals surface area (Å²) in [7, 11) is -3.31. The van der Waals surface area contributed by atoms with Gasteiger partial charge in [-0.2, -0.15) is 0 Å². The smallest absolute Gasteiger partial charge is 0.178 e. The summed E-state index contributed by atoms with van der Waals surface area (Å²) in [6.45, 7) is 0.564. The zero-order valence-corrected chi connectivity index (χ0v) is 12.9. The molecular weight excluding hydrogens is 306 g/mol. The number of benzene rings is 1. The zero-order valence-electron chi connectivity index (χ0n) is 11.3. The standard InChI is InChI=1S/C14H13N3O2S2/c1-21(18,19)12-4-2-3-11-13(12)16-14(20)17(11)9-10-5-7-15-8-6-10/h2-8H,9H2,1H3,(H,16,20). The summed E-state index contributed by atoms with van der Waals surface area (Å²) >= 11 is 5.33. The summed E-state index contributed by atoms with van der Waals surface area (Å²) in [6, 6.07) is 8.98. The fraction of sp³-hybridized carbons (Fsp3) is 0.143. The molecule has 0 atom stereocenters. The SMILES string of the molecule is CS(=O)(=O)c1cccc2c1[nH]c(=S)n2Cc1ccncc1. The molecule has 0 aliphatic carbocycles. The summed E-state index contributed by atoms with van der Waals surface area (Å²) in [5.74, 6) is 0. The predicted molar refractivity (Wildman–Crippen MR) is 83.6 cm³/mol. The second-order valence-electron chi connectivity index (χ2n) is 4.79. The van der Waals surface area contributed by atoms with Gasteiger partial charge in [-0.3, -0.25) is 4.98 Å². The largest absolute Gasteiger partial charge is 0.329 e. The van der Waals surface area contributed by atoms with Gasteiger partial charge in [0, 0.05) is 18.6 Å². The van der Waals surface area contributed by atoms with E-state index in [1.807, 2.05) is 22.8 Å². The molecule has 108 valence electrons. The highest BCUT2D eigenvalue weighted by atomic mass is 32.2. The van der Waals surface area contributed by atoms with Crippen molar-refractivity contribution in [1.82, 2.24) is 14.5 Å². The first kappa shape index (κ1) is 14.0. The molecule has 0 spiro atoms. The Kier molecular flexibility index (Phi) is 3.38. The van der Waals surface area contributed by atoms with Gasteiger partial charge in [0.1, 0.15) is 0 Å². The first-order chi connectivity index (χ1) is 9.97. The summed E-state index contributed by atoms with van der Waals surface area (Å²) in [6.07, 6.45) is 4.63. The number of sulfone groups is 1. The van der Waals surface area contributed by atoms with Gasteiger partial charge in [0.2, 0.25) is 0 Å². The molecule has 1 N–H and O–H groups in total. The molecule has 21 heavy (non-hydrogen) atoms. The van der Waals surface area contributed by atoms with Crippen LogP contribution in [0.3, 0.4) is 0 Å². The molecule has 0 saturated carbocycles. The van der Waals surface area contributed by atoms with Crippen LogP contribution in [0.5, 0.6) is 0 Å². The van der Waals surface area contributed by atoms with E-state index < -0.39 is 9.84 Å². The van der Waals surface area contributed by atoms with Crippen LogP contribution < -0.4 is 0 Å². The van der Waals surface area contributed by atoms with Crippen LogP contribution >= 0.6 is 12.2 Å². The second kappa shape index (κ2) is 5.09. The van der Waals surface area contributed by atoms with Crippen molar-refractivity contribution in [3.05, 3.63) is 53.1 Å². The molecule has 7 heteroatoms. The van der Waals surface area contributed by atoms with Crippen LogP contribution in [-0.2, 0) is 16.4 Å². The third-order valence-corrected chi connectivity index (χ3v) is 4.72. The molecule has 0 amide bonds. The second-order valence-corrected chi connectivity index (χ2v) is 7.17. The minimum atomic E-state index is -3.31. The highest BCUT2D eigenvalue weighted by molar-refractivity contribution is 7.91. The fourth-order valence-corrected chi connectivity index (χ4v) is 3.41. The van der Waals surface area contributed by atoms with E-state index in [1.165, 1.54) is 6.26 Å².